The molecule has 1 N–H and O–H groups in total. The molecule has 6 heteroatoms. The Morgan fingerprint density at radius 3 is 2.79 bits per heavy atom. The zero-order valence-electron chi connectivity index (χ0n) is 10.8. The number of ether oxygens (including phenoxy) is 2. The number of halogens is 2. The van der Waals surface area contributed by atoms with Gasteiger partial charge in [-0.05, 0) is 37.9 Å². The van der Waals surface area contributed by atoms with Crippen molar-refractivity contribution in [1.82, 2.24) is 5.32 Å². The zero-order valence-corrected chi connectivity index (χ0v) is 13.9. The van der Waals surface area contributed by atoms with Gasteiger partial charge in [0.1, 0.15) is 11.3 Å². The van der Waals surface area contributed by atoms with Crippen LogP contribution in [0.2, 0.25) is 0 Å². The Labute approximate surface area is 128 Å². The van der Waals surface area contributed by atoms with Crippen LogP contribution in [0.15, 0.2) is 25.7 Å². The highest BCUT2D eigenvalue weighted by atomic mass is 79.9. The number of methoxy groups -OCH3 is 2. The molecule has 0 saturated carbocycles. The third kappa shape index (κ3) is 3.13. The minimum Gasteiger partial charge on any atom is -0.496 e. The van der Waals surface area contributed by atoms with Gasteiger partial charge >= 0.3 is 0 Å². The Balaban J connectivity index is 2.32. The van der Waals surface area contributed by atoms with Crippen molar-refractivity contribution in [1.29, 1.82) is 0 Å². The fourth-order valence-corrected chi connectivity index (χ4v) is 3.06. The first kappa shape index (κ1) is 14.8. The van der Waals surface area contributed by atoms with Crippen LogP contribution in [0.4, 0.5) is 0 Å². The maximum atomic E-state index is 5.61. The average molecular weight is 393 g/mol. The molecule has 1 aromatic heterocycles. The molecule has 0 aliphatic rings. The molecule has 2 rings (SSSR count). The topological polar surface area (TPSA) is 43.6 Å². The van der Waals surface area contributed by atoms with Crippen molar-refractivity contribution in [2.75, 3.05) is 27.4 Å². The summed E-state index contributed by atoms with van der Waals surface area (Å²) in [7, 11) is 3.34. The lowest BCUT2D eigenvalue weighted by molar-refractivity contribution is 0.199. The summed E-state index contributed by atoms with van der Waals surface area (Å²) in [6.45, 7) is 2.20. The number of nitrogens with one attached hydrogen (secondary N) is 1. The Hall–Kier alpha value is -0.560. The summed E-state index contributed by atoms with van der Waals surface area (Å²) in [5.41, 5.74) is 1.90. The second kappa shape index (κ2) is 6.74. The molecule has 0 radical (unpaired) electrons. The van der Waals surface area contributed by atoms with Crippen molar-refractivity contribution in [2.24, 2.45) is 0 Å². The molecule has 0 aliphatic heterocycles. The Morgan fingerprint density at radius 1 is 1.32 bits per heavy atom. The Bertz CT molecular complexity index is 569. The van der Waals surface area contributed by atoms with Crippen molar-refractivity contribution < 1.29 is 13.9 Å². The standard InChI is InChI=1S/C13H15Br2NO3/c1-17-4-3-16-6-8-7-19-13-9(14)5-10(18-2)12(15)11(8)13/h5,7,16H,3-4,6H2,1-2H3. The number of fused-ring (bicyclic) bond motifs is 1. The van der Waals surface area contributed by atoms with E-state index in [-0.39, 0.29) is 0 Å². The lowest BCUT2D eigenvalue weighted by atomic mass is 10.1. The van der Waals surface area contributed by atoms with Crippen LogP contribution in [0.1, 0.15) is 5.56 Å². The highest BCUT2D eigenvalue weighted by Crippen LogP contribution is 2.40. The second-order valence-corrected chi connectivity index (χ2v) is 5.66. The van der Waals surface area contributed by atoms with Gasteiger partial charge in [0, 0.05) is 31.1 Å². The van der Waals surface area contributed by atoms with Crippen LogP contribution in [0, 0.1) is 0 Å². The zero-order chi connectivity index (χ0) is 13.8. The number of benzene rings is 1. The third-order valence-corrected chi connectivity index (χ3v) is 4.17. The van der Waals surface area contributed by atoms with E-state index in [1.807, 2.05) is 6.07 Å². The first-order valence-electron chi connectivity index (χ1n) is 5.80. The van der Waals surface area contributed by atoms with Crippen molar-refractivity contribution >= 4 is 42.8 Å². The van der Waals surface area contributed by atoms with Crippen LogP contribution in [-0.4, -0.2) is 27.4 Å². The summed E-state index contributed by atoms with van der Waals surface area (Å²) in [6.07, 6.45) is 1.76. The smallest absolute Gasteiger partial charge is 0.149 e. The maximum Gasteiger partial charge on any atom is 0.149 e. The van der Waals surface area contributed by atoms with Crippen molar-refractivity contribution in [3.63, 3.8) is 0 Å². The van der Waals surface area contributed by atoms with E-state index in [0.29, 0.717) is 13.2 Å². The van der Waals surface area contributed by atoms with Gasteiger partial charge in [-0.25, -0.2) is 0 Å². The van der Waals surface area contributed by atoms with E-state index in [2.05, 4.69) is 37.2 Å². The van der Waals surface area contributed by atoms with Gasteiger partial charge in [0.15, 0.2) is 0 Å². The Morgan fingerprint density at radius 2 is 2.11 bits per heavy atom. The van der Waals surface area contributed by atoms with E-state index in [1.165, 1.54) is 0 Å². The van der Waals surface area contributed by atoms with Gasteiger partial charge in [-0.3, -0.25) is 0 Å². The summed E-state index contributed by atoms with van der Waals surface area (Å²) in [6, 6.07) is 1.89. The van der Waals surface area contributed by atoms with Crippen LogP contribution in [0.3, 0.4) is 0 Å². The quantitative estimate of drug-likeness (QED) is 0.761. The van der Waals surface area contributed by atoms with E-state index in [4.69, 9.17) is 13.9 Å². The molecular weight excluding hydrogens is 378 g/mol. The average Bonchev–Trinajstić information content (AvgIpc) is 2.83. The first-order chi connectivity index (χ1) is 9.19. The monoisotopic (exact) mass is 391 g/mol. The lowest BCUT2D eigenvalue weighted by Gasteiger charge is -2.07. The SMILES string of the molecule is COCCNCc1coc2c(Br)cc(OC)c(Br)c12. The molecule has 0 amide bonds. The predicted molar refractivity (Wildman–Crippen MR) is 81.7 cm³/mol. The molecule has 19 heavy (non-hydrogen) atoms. The minimum atomic E-state index is 0.684. The molecule has 0 fully saturated rings. The largest absolute Gasteiger partial charge is 0.496 e. The van der Waals surface area contributed by atoms with Gasteiger partial charge < -0.3 is 19.2 Å². The highest BCUT2D eigenvalue weighted by molar-refractivity contribution is 9.11. The molecule has 104 valence electrons. The number of furan rings is 1. The summed E-state index contributed by atoms with van der Waals surface area (Å²) in [5.74, 6) is 0.777. The fraction of sp³-hybridized carbons (Fsp3) is 0.385. The van der Waals surface area contributed by atoms with Crippen LogP contribution in [-0.2, 0) is 11.3 Å². The molecule has 0 spiro atoms. The van der Waals surface area contributed by atoms with Crippen LogP contribution in [0.5, 0.6) is 5.75 Å². The molecule has 2 aromatic rings. The van der Waals surface area contributed by atoms with E-state index < -0.39 is 0 Å². The van der Waals surface area contributed by atoms with Gasteiger partial charge in [0.05, 0.1) is 28.9 Å². The number of rotatable bonds is 6. The van der Waals surface area contributed by atoms with Crippen LogP contribution >= 0.6 is 31.9 Å². The summed E-state index contributed by atoms with van der Waals surface area (Å²) >= 11 is 7.06. The van der Waals surface area contributed by atoms with Crippen molar-refractivity contribution in [2.45, 2.75) is 6.54 Å². The molecule has 4 nitrogen and oxygen atoms in total. The molecular formula is C13H15Br2NO3. The van der Waals surface area contributed by atoms with Crippen molar-refractivity contribution in [3.8, 4) is 5.75 Å². The number of hydrogen-bond donors (Lipinski definition) is 1. The molecule has 0 unspecified atom stereocenters. The van der Waals surface area contributed by atoms with Gasteiger partial charge in [0.25, 0.3) is 0 Å². The fourth-order valence-electron chi connectivity index (χ4n) is 1.85. The Kier molecular flexibility index (Phi) is 5.27. The summed E-state index contributed by atoms with van der Waals surface area (Å²) in [4.78, 5) is 0. The first-order valence-corrected chi connectivity index (χ1v) is 7.39. The molecule has 0 aliphatic carbocycles. The lowest BCUT2D eigenvalue weighted by Crippen LogP contribution is -2.18. The van der Waals surface area contributed by atoms with E-state index in [1.54, 1.807) is 20.5 Å². The second-order valence-electron chi connectivity index (χ2n) is 4.01. The van der Waals surface area contributed by atoms with Crippen LogP contribution in [0.25, 0.3) is 11.0 Å². The normalized spacial score (nSPS) is 11.2. The van der Waals surface area contributed by atoms with Gasteiger partial charge in [-0.1, -0.05) is 0 Å². The maximum absolute atomic E-state index is 5.61. The molecule has 0 atom stereocenters. The van der Waals surface area contributed by atoms with Gasteiger partial charge in [-0.15, -0.1) is 0 Å². The molecule has 0 bridgehead atoms. The summed E-state index contributed by atoms with van der Waals surface area (Å²) < 4.78 is 17.7. The van der Waals surface area contributed by atoms with Gasteiger partial charge in [-0.2, -0.15) is 0 Å². The van der Waals surface area contributed by atoms with E-state index in [9.17, 15) is 0 Å². The van der Waals surface area contributed by atoms with Gasteiger partial charge in [0.2, 0.25) is 0 Å². The van der Waals surface area contributed by atoms with Crippen LogP contribution < -0.4 is 10.1 Å². The van der Waals surface area contributed by atoms with E-state index in [0.717, 1.165) is 37.8 Å². The third-order valence-electron chi connectivity index (χ3n) is 2.80. The van der Waals surface area contributed by atoms with Crippen molar-refractivity contribution in [3.05, 3.63) is 26.8 Å². The molecule has 0 saturated heterocycles. The number of hydrogen-bond acceptors (Lipinski definition) is 4. The molecule has 1 aromatic carbocycles. The minimum absolute atomic E-state index is 0.684. The molecule has 1 heterocycles. The highest BCUT2D eigenvalue weighted by Gasteiger charge is 2.16. The van der Waals surface area contributed by atoms with E-state index >= 15 is 0 Å². The predicted octanol–water partition coefficient (Wildman–Crippen LogP) is 3.70. The summed E-state index contributed by atoms with van der Waals surface area (Å²) in [5, 5.41) is 4.33.